The number of amides is 1. The average Bonchev–Trinajstić information content (AvgIpc) is 3.06. The Bertz CT molecular complexity index is 608. The highest BCUT2D eigenvalue weighted by Crippen LogP contribution is 2.36. The predicted octanol–water partition coefficient (Wildman–Crippen LogP) is 3.29. The molecule has 1 aliphatic carbocycles. The first-order valence-electron chi connectivity index (χ1n) is 8.38. The Kier molecular flexibility index (Phi) is 5.18. The Morgan fingerprint density at radius 2 is 2.12 bits per heavy atom. The van der Waals surface area contributed by atoms with Crippen LogP contribution in [0.15, 0.2) is 6.20 Å². The van der Waals surface area contributed by atoms with E-state index in [4.69, 9.17) is 11.6 Å². The van der Waals surface area contributed by atoms with Crippen LogP contribution in [0.3, 0.4) is 0 Å². The van der Waals surface area contributed by atoms with Crippen LogP contribution in [0.4, 0.5) is 14.7 Å². The molecular formula is C16H21ClF2N4O. The highest BCUT2D eigenvalue weighted by atomic mass is 35.5. The summed E-state index contributed by atoms with van der Waals surface area (Å²) in [5, 5.41) is 2.87. The lowest BCUT2D eigenvalue weighted by molar-refractivity contribution is -0.0518. The Labute approximate surface area is 144 Å². The van der Waals surface area contributed by atoms with Crippen molar-refractivity contribution < 1.29 is 13.6 Å². The highest BCUT2D eigenvalue weighted by molar-refractivity contribution is 6.33. The lowest BCUT2D eigenvalue weighted by Crippen LogP contribution is -2.35. The SMILES string of the molecule is O=C(NCC1CCCC(F)(F)C1)c1nc(N2CCCC2)ncc1Cl. The fourth-order valence-electron chi connectivity index (χ4n) is 3.36. The van der Waals surface area contributed by atoms with E-state index in [0.717, 1.165) is 25.9 Å². The molecule has 0 radical (unpaired) electrons. The molecule has 1 atom stereocenters. The monoisotopic (exact) mass is 358 g/mol. The molecule has 1 unspecified atom stereocenters. The summed E-state index contributed by atoms with van der Waals surface area (Å²) in [6.07, 6.45) is 4.52. The summed E-state index contributed by atoms with van der Waals surface area (Å²) in [5.41, 5.74) is 0.108. The Morgan fingerprint density at radius 1 is 1.38 bits per heavy atom. The van der Waals surface area contributed by atoms with Crippen molar-refractivity contribution in [1.82, 2.24) is 15.3 Å². The number of anilines is 1. The van der Waals surface area contributed by atoms with Crippen LogP contribution in [0.25, 0.3) is 0 Å². The van der Waals surface area contributed by atoms with Crippen molar-refractivity contribution in [2.24, 2.45) is 5.92 Å². The number of carbonyl (C=O) groups excluding carboxylic acids is 1. The Balaban J connectivity index is 1.63. The van der Waals surface area contributed by atoms with Gasteiger partial charge in [-0.25, -0.2) is 18.7 Å². The summed E-state index contributed by atoms with van der Waals surface area (Å²) in [6.45, 7) is 1.94. The summed E-state index contributed by atoms with van der Waals surface area (Å²) in [6, 6.07) is 0. The minimum atomic E-state index is -2.62. The molecule has 1 aromatic heterocycles. The molecule has 2 fully saturated rings. The minimum Gasteiger partial charge on any atom is -0.350 e. The fraction of sp³-hybridized carbons (Fsp3) is 0.688. The lowest BCUT2D eigenvalue weighted by atomic mass is 9.86. The van der Waals surface area contributed by atoms with Crippen LogP contribution in [0.2, 0.25) is 5.02 Å². The molecule has 1 aliphatic heterocycles. The van der Waals surface area contributed by atoms with Crippen LogP contribution in [0.5, 0.6) is 0 Å². The van der Waals surface area contributed by atoms with Crippen LogP contribution < -0.4 is 10.2 Å². The molecule has 0 bridgehead atoms. The quantitative estimate of drug-likeness (QED) is 0.897. The summed E-state index contributed by atoms with van der Waals surface area (Å²) >= 11 is 6.04. The molecule has 1 amide bonds. The maximum Gasteiger partial charge on any atom is 0.271 e. The van der Waals surface area contributed by atoms with Crippen molar-refractivity contribution in [3.63, 3.8) is 0 Å². The van der Waals surface area contributed by atoms with Gasteiger partial charge in [-0.1, -0.05) is 11.6 Å². The lowest BCUT2D eigenvalue weighted by Gasteiger charge is -2.28. The Morgan fingerprint density at radius 3 is 2.83 bits per heavy atom. The fourth-order valence-corrected chi connectivity index (χ4v) is 3.53. The summed E-state index contributed by atoms with van der Waals surface area (Å²) in [4.78, 5) is 22.8. The first-order chi connectivity index (χ1) is 11.4. The molecule has 2 heterocycles. The van der Waals surface area contributed by atoms with E-state index in [0.29, 0.717) is 18.8 Å². The van der Waals surface area contributed by atoms with Crippen molar-refractivity contribution in [2.45, 2.75) is 44.4 Å². The molecule has 1 N–H and O–H groups in total. The van der Waals surface area contributed by atoms with Crippen molar-refractivity contribution in [2.75, 3.05) is 24.5 Å². The van der Waals surface area contributed by atoms with Crippen LogP contribution in [0, 0.1) is 5.92 Å². The zero-order valence-electron chi connectivity index (χ0n) is 13.4. The number of carbonyl (C=O) groups is 1. The average molecular weight is 359 g/mol. The van der Waals surface area contributed by atoms with E-state index in [1.165, 1.54) is 6.20 Å². The molecule has 0 spiro atoms. The third-order valence-electron chi connectivity index (χ3n) is 4.63. The van der Waals surface area contributed by atoms with Crippen LogP contribution in [-0.2, 0) is 0 Å². The number of alkyl halides is 2. The van der Waals surface area contributed by atoms with Crippen LogP contribution in [-0.4, -0.2) is 41.4 Å². The van der Waals surface area contributed by atoms with E-state index in [2.05, 4.69) is 15.3 Å². The number of rotatable bonds is 4. The summed E-state index contributed by atoms with van der Waals surface area (Å²) < 4.78 is 26.9. The van der Waals surface area contributed by atoms with Gasteiger partial charge in [0.2, 0.25) is 11.9 Å². The Hall–Kier alpha value is -1.50. The molecule has 8 heteroatoms. The van der Waals surface area contributed by atoms with Gasteiger partial charge >= 0.3 is 0 Å². The van der Waals surface area contributed by atoms with E-state index in [1.54, 1.807) is 0 Å². The molecule has 24 heavy (non-hydrogen) atoms. The molecule has 1 saturated heterocycles. The van der Waals surface area contributed by atoms with E-state index >= 15 is 0 Å². The normalized spacial score (nSPS) is 23.3. The van der Waals surface area contributed by atoms with Crippen molar-refractivity contribution in [1.29, 1.82) is 0 Å². The molecule has 1 aromatic rings. The van der Waals surface area contributed by atoms with Crippen molar-refractivity contribution >= 4 is 23.5 Å². The molecule has 2 aliphatic rings. The first kappa shape index (κ1) is 17.3. The second kappa shape index (κ2) is 7.17. The first-order valence-corrected chi connectivity index (χ1v) is 8.76. The topological polar surface area (TPSA) is 58.1 Å². The third-order valence-corrected chi connectivity index (χ3v) is 4.91. The molecule has 132 valence electrons. The van der Waals surface area contributed by atoms with Gasteiger partial charge in [0, 0.05) is 32.5 Å². The molecule has 1 saturated carbocycles. The van der Waals surface area contributed by atoms with Gasteiger partial charge in [0.25, 0.3) is 5.91 Å². The van der Waals surface area contributed by atoms with Crippen molar-refractivity contribution in [3.05, 3.63) is 16.9 Å². The van der Waals surface area contributed by atoms with Gasteiger partial charge in [0.15, 0.2) is 5.69 Å². The van der Waals surface area contributed by atoms with Gasteiger partial charge in [-0.2, -0.15) is 0 Å². The highest BCUT2D eigenvalue weighted by Gasteiger charge is 2.36. The predicted molar refractivity (Wildman–Crippen MR) is 87.7 cm³/mol. The zero-order chi connectivity index (χ0) is 17.2. The van der Waals surface area contributed by atoms with Gasteiger partial charge < -0.3 is 10.2 Å². The van der Waals surface area contributed by atoms with Crippen LogP contribution >= 0.6 is 11.6 Å². The second-order valence-electron chi connectivity index (χ2n) is 6.59. The standard InChI is InChI=1S/C16H21ClF2N4O/c17-12-10-21-15(23-6-1-2-7-23)22-13(12)14(24)20-9-11-4-3-5-16(18,19)8-11/h10-11H,1-9H2,(H,20,24). The van der Waals surface area contributed by atoms with Gasteiger partial charge in [-0.3, -0.25) is 4.79 Å². The van der Waals surface area contributed by atoms with Gasteiger partial charge in [0.05, 0.1) is 11.2 Å². The van der Waals surface area contributed by atoms with E-state index in [-0.39, 0.29) is 36.0 Å². The van der Waals surface area contributed by atoms with Crippen LogP contribution in [0.1, 0.15) is 49.0 Å². The second-order valence-corrected chi connectivity index (χ2v) is 7.00. The number of hydrogen-bond donors (Lipinski definition) is 1. The number of hydrogen-bond acceptors (Lipinski definition) is 4. The number of halogens is 3. The minimum absolute atomic E-state index is 0.0611. The van der Waals surface area contributed by atoms with Gasteiger partial charge in [-0.05, 0) is 31.6 Å². The van der Waals surface area contributed by atoms with E-state index < -0.39 is 11.8 Å². The van der Waals surface area contributed by atoms with E-state index in [1.807, 2.05) is 4.90 Å². The maximum atomic E-state index is 13.4. The number of nitrogens with one attached hydrogen (secondary N) is 1. The molecule has 5 nitrogen and oxygen atoms in total. The largest absolute Gasteiger partial charge is 0.350 e. The van der Waals surface area contributed by atoms with E-state index in [9.17, 15) is 13.6 Å². The molecule has 3 rings (SSSR count). The molecule has 0 aromatic carbocycles. The molecular weight excluding hydrogens is 338 g/mol. The third kappa shape index (κ3) is 4.12. The number of aromatic nitrogens is 2. The zero-order valence-corrected chi connectivity index (χ0v) is 14.2. The summed E-state index contributed by atoms with van der Waals surface area (Å²) in [7, 11) is 0. The maximum absolute atomic E-state index is 13.4. The summed E-state index contributed by atoms with van der Waals surface area (Å²) in [5.74, 6) is -2.78. The van der Waals surface area contributed by atoms with Gasteiger partial charge in [-0.15, -0.1) is 0 Å². The number of nitrogens with zero attached hydrogens (tertiary/aromatic N) is 3. The van der Waals surface area contributed by atoms with Crippen molar-refractivity contribution in [3.8, 4) is 0 Å². The van der Waals surface area contributed by atoms with Gasteiger partial charge in [0.1, 0.15) is 0 Å². The smallest absolute Gasteiger partial charge is 0.271 e.